The molecule has 2 unspecified atom stereocenters. The molecule has 1 N–H and O–H groups in total. The highest BCUT2D eigenvalue weighted by Gasteiger charge is 2.30. The molecule has 6 heteroatoms. The first kappa shape index (κ1) is 16.7. The largest absolute Gasteiger partial charge is 0.416 e. The SMILES string of the molecule is CCOC(C(=O)Cc1ccc(C(F)(F)F)cc1)C(C)O. The van der Waals surface area contributed by atoms with Crippen LogP contribution in [0.4, 0.5) is 13.2 Å². The third-order valence-electron chi connectivity index (χ3n) is 2.76. The van der Waals surface area contributed by atoms with Crippen LogP contribution in [0.1, 0.15) is 25.0 Å². The van der Waals surface area contributed by atoms with Crippen molar-refractivity contribution in [2.24, 2.45) is 0 Å². The zero-order chi connectivity index (χ0) is 15.3. The van der Waals surface area contributed by atoms with Crippen molar-refractivity contribution >= 4 is 5.78 Å². The molecule has 0 heterocycles. The van der Waals surface area contributed by atoms with Crippen molar-refractivity contribution in [2.45, 2.75) is 38.7 Å². The number of aliphatic hydroxyl groups is 1. The highest BCUT2D eigenvalue weighted by molar-refractivity contribution is 5.85. The van der Waals surface area contributed by atoms with Gasteiger partial charge >= 0.3 is 6.18 Å². The van der Waals surface area contributed by atoms with E-state index in [1.165, 1.54) is 19.1 Å². The average Bonchev–Trinajstić information content (AvgIpc) is 2.34. The van der Waals surface area contributed by atoms with Gasteiger partial charge in [-0.3, -0.25) is 4.79 Å². The predicted octanol–water partition coefficient (Wildman–Crippen LogP) is 2.60. The van der Waals surface area contributed by atoms with Crippen molar-refractivity contribution in [3.05, 3.63) is 35.4 Å². The van der Waals surface area contributed by atoms with Gasteiger partial charge in [-0.1, -0.05) is 12.1 Å². The van der Waals surface area contributed by atoms with Crippen molar-refractivity contribution < 1.29 is 27.8 Å². The number of hydrogen-bond acceptors (Lipinski definition) is 3. The van der Waals surface area contributed by atoms with E-state index in [2.05, 4.69) is 0 Å². The lowest BCUT2D eigenvalue weighted by Gasteiger charge is -2.18. The van der Waals surface area contributed by atoms with Gasteiger partial charge in [0.05, 0.1) is 11.7 Å². The molecule has 0 saturated carbocycles. The lowest BCUT2D eigenvalue weighted by molar-refractivity contribution is -0.137. The first-order chi connectivity index (χ1) is 9.25. The second-order valence-electron chi connectivity index (χ2n) is 4.45. The number of alkyl halides is 3. The van der Waals surface area contributed by atoms with Crippen LogP contribution in [0.3, 0.4) is 0 Å². The third kappa shape index (κ3) is 4.61. The van der Waals surface area contributed by atoms with Crippen molar-refractivity contribution in [3.8, 4) is 0 Å². The van der Waals surface area contributed by atoms with Crippen LogP contribution in [0.2, 0.25) is 0 Å². The lowest BCUT2D eigenvalue weighted by Crippen LogP contribution is -2.35. The normalized spacial score (nSPS) is 14.9. The smallest absolute Gasteiger partial charge is 0.390 e. The monoisotopic (exact) mass is 290 g/mol. The van der Waals surface area contributed by atoms with Gasteiger partial charge in [-0.25, -0.2) is 0 Å². The quantitative estimate of drug-likeness (QED) is 0.876. The van der Waals surface area contributed by atoms with Gasteiger partial charge in [0.25, 0.3) is 0 Å². The molecule has 0 aromatic heterocycles. The van der Waals surface area contributed by atoms with Gasteiger partial charge in [0.1, 0.15) is 6.10 Å². The number of rotatable bonds is 6. The Morgan fingerprint density at radius 2 is 1.85 bits per heavy atom. The molecule has 0 aliphatic carbocycles. The van der Waals surface area contributed by atoms with E-state index in [1.54, 1.807) is 6.92 Å². The predicted molar refractivity (Wildman–Crippen MR) is 67.2 cm³/mol. The van der Waals surface area contributed by atoms with Crippen LogP contribution in [0.25, 0.3) is 0 Å². The topological polar surface area (TPSA) is 46.5 Å². The van der Waals surface area contributed by atoms with E-state index < -0.39 is 23.9 Å². The summed E-state index contributed by atoms with van der Waals surface area (Å²) < 4.78 is 42.3. The van der Waals surface area contributed by atoms with Gasteiger partial charge in [0, 0.05) is 13.0 Å². The summed E-state index contributed by atoms with van der Waals surface area (Å²) in [6.45, 7) is 3.40. The molecule has 0 radical (unpaired) electrons. The highest BCUT2D eigenvalue weighted by atomic mass is 19.4. The Morgan fingerprint density at radius 1 is 1.30 bits per heavy atom. The summed E-state index contributed by atoms with van der Waals surface area (Å²) in [4.78, 5) is 11.9. The average molecular weight is 290 g/mol. The van der Waals surface area contributed by atoms with Gasteiger partial charge in [-0.05, 0) is 31.5 Å². The van der Waals surface area contributed by atoms with Crippen LogP contribution in [0.15, 0.2) is 24.3 Å². The maximum absolute atomic E-state index is 12.4. The van der Waals surface area contributed by atoms with Crippen molar-refractivity contribution in [3.63, 3.8) is 0 Å². The van der Waals surface area contributed by atoms with Crippen molar-refractivity contribution in [1.82, 2.24) is 0 Å². The maximum atomic E-state index is 12.4. The number of carbonyl (C=O) groups is 1. The highest BCUT2D eigenvalue weighted by Crippen LogP contribution is 2.29. The number of benzene rings is 1. The summed E-state index contributed by atoms with van der Waals surface area (Å²) >= 11 is 0. The zero-order valence-electron chi connectivity index (χ0n) is 11.3. The Morgan fingerprint density at radius 3 is 2.25 bits per heavy atom. The number of aliphatic hydroxyl groups excluding tert-OH is 1. The summed E-state index contributed by atoms with van der Waals surface area (Å²) in [5, 5.41) is 9.45. The van der Waals surface area contributed by atoms with Gasteiger partial charge in [-0.2, -0.15) is 13.2 Å². The molecule has 0 saturated heterocycles. The number of ketones is 1. The zero-order valence-corrected chi connectivity index (χ0v) is 11.3. The van der Waals surface area contributed by atoms with Gasteiger partial charge in [0.2, 0.25) is 0 Å². The summed E-state index contributed by atoms with van der Waals surface area (Å²) in [6.07, 6.45) is -6.39. The molecule has 0 aliphatic heterocycles. The van der Waals surface area contributed by atoms with Crippen LogP contribution < -0.4 is 0 Å². The molecular formula is C14H17F3O3. The fraction of sp³-hybridized carbons (Fsp3) is 0.500. The fourth-order valence-electron chi connectivity index (χ4n) is 1.79. The van der Waals surface area contributed by atoms with E-state index in [9.17, 15) is 23.1 Å². The molecule has 0 aliphatic rings. The minimum absolute atomic E-state index is 0.0757. The summed E-state index contributed by atoms with van der Waals surface area (Å²) in [6, 6.07) is 4.37. The fourth-order valence-corrected chi connectivity index (χ4v) is 1.79. The molecule has 1 rings (SSSR count). The molecular weight excluding hydrogens is 273 g/mol. The number of hydrogen-bond donors (Lipinski definition) is 1. The van der Waals surface area contributed by atoms with Crippen molar-refractivity contribution in [2.75, 3.05) is 6.61 Å². The Bertz CT molecular complexity index is 438. The minimum atomic E-state index is -4.39. The Balaban J connectivity index is 2.75. The van der Waals surface area contributed by atoms with E-state index in [4.69, 9.17) is 4.74 Å². The molecule has 112 valence electrons. The summed E-state index contributed by atoms with van der Waals surface area (Å²) in [5.74, 6) is -0.360. The van der Waals surface area contributed by atoms with Gasteiger partial charge in [0.15, 0.2) is 5.78 Å². The minimum Gasteiger partial charge on any atom is -0.390 e. The maximum Gasteiger partial charge on any atom is 0.416 e. The van der Waals surface area contributed by atoms with Crippen LogP contribution in [0.5, 0.6) is 0 Å². The Hall–Kier alpha value is -1.40. The molecule has 0 bridgehead atoms. The van der Waals surface area contributed by atoms with E-state index in [0.717, 1.165) is 12.1 Å². The molecule has 0 amide bonds. The molecule has 0 spiro atoms. The van der Waals surface area contributed by atoms with Crippen LogP contribution in [-0.2, 0) is 22.1 Å². The molecule has 20 heavy (non-hydrogen) atoms. The molecule has 1 aromatic carbocycles. The standard InChI is InChI=1S/C14H17F3O3/c1-3-20-13(9(2)18)12(19)8-10-4-6-11(7-5-10)14(15,16)17/h4-7,9,13,18H,3,8H2,1-2H3. The van der Waals surface area contributed by atoms with Crippen molar-refractivity contribution in [1.29, 1.82) is 0 Å². The molecule has 2 atom stereocenters. The van der Waals surface area contributed by atoms with Gasteiger partial charge in [-0.15, -0.1) is 0 Å². The Kier molecular flexibility index (Phi) is 5.71. The van der Waals surface area contributed by atoms with E-state index in [-0.39, 0.29) is 18.8 Å². The number of Topliss-reactive ketones (excluding diaryl/α,β-unsaturated/α-hetero) is 1. The summed E-state index contributed by atoms with van der Waals surface area (Å²) in [5.41, 5.74) is -0.307. The van der Waals surface area contributed by atoms with Crippen LogP contribution in [0, 0.1) is 0 Å². The van der Waals surface area contributed by atoms with Gasteiger partial charge < -0.3 is 9.84 Å². The molecule has 3 nitrogen and oxygen atoms in total. The second-order valence-corrected chi connectivity index (χ2v) is 4.45. The number of halogens is 3. The Labute approximate surface area is 115 Å². The molecule has 1 aromatic rings. The third-order valence-corrected chi connectivity index (χ3v) is 2.76. The summed E-state index contributed by atoms with van der Waals surface area (Å²) in [7, 11) is 0. The number of ether oxygens (including phenoxy) is 1. The number of carbonyl (C=O) groups excluding carboxylic acids is 1. The second kappa shape index (κ2) is 6.85. The molecule has 0 fully saturated rings. The van der Waals surface area contributed by atoms with E-state index in [0.29, 0.717) is 5.56 Å². The van der Waals surface area contributed by atoms with E-state index in [1.807, 2.05) is 0 Å². The van der Waals surface area contributed by atoms with E-state index >= 15 is 0 Å². The first-order valence-electron chi connectivity index (χ1n) is 6.24. The van der Waals surface area contributed by atoms with Crippen LogP contribution in [-0.4, -0.2) is 29.7 Å². The van der Waals surface area contributed by atoms with Crippen LogP contribution >= 0.6 is 0 Å². The first-order valence-corrected chi connectivity index (χ1v) is 6.24. The lowest BCUT2D eigenvalue weighted by atomic mass is 10.0.